The van der Waals surface area contributed by atoms with Crippen molar-refractivity contribution in [3.05, 3.63) is 46.7 Å². The van der Waals surface area contributed by atoms with Crippen molar-refractivity contribution < 1.29 is 0 Å². The van der Waals surface area contributed by atoms with Crippen LogP contribution >= 0.6 is 0 Å². The molecule has 0 aromatic heterocycles. The number of hydrogen-bond donors (Lipinski definition) is 0. The van der Waals surface area contributed by atoms with Crippen LogP contribution in [0, 0.1) is 0 Å². The highest BCUT2D eigenvalue weighted by Crippen LogP contribution is 2.27. The van der Waals surface area contributed by atoms with E-state index in [-0.39, 0.29) is 0 Å². The van der Waals surface area contributed by atoms with E-state index >= 15 is 0 Å². The molecular formula is C14H18Si. The van der Waals surface area contributed by atoms with Gasteiger partial charge >= 0.3 is 0 Å². The summed E-state index contributed by atoms with van der Waals surface area (Å²) in [5.74, 6) is 0. The molecule has 1 aromatic rings. The molecule has 1 aromatic carbocycles. The SMILES string of the molecule is CC(C)=CC1=Cc2ccccc2[Si]1(C)C. The molecule has 0 amide bonds. The van der Waals surface area contributed by atoms with Crippen LogP contribution < -0.4 is 5.19 Å². The summed E-state index contributed by atoms with van der Waals surface area (Å²) in [7, 11) is -1.37. The third-order valence-electron chi connectivity index (χ3n) is 3.11. The molecule has 1 aliphatic heterocycles. The molecular weight excluding hydrogens is 196 g/mol. The van der Waals surface area contributed by atoms with E-state index in [4.69, 9.17) is 0 Å². The van der Waals surface area contributed by atoms with Gasteiger partial charge in [0.05, 0.1) is 0 Å². The standard InChI is InChI=1S/C14H18Si/c1-11(2)9-13-10-12-7-5-6-8-14(12)15(13,3)4/h5-10H,1-4H3. The van der Waals surface area contributed by atoms with Gasteiger partial charge in [0.25, 0.3) is 0 Å². The molecule has 1 heteroatoms. The summed E-state index contributed by atoms with van der Waals surface area (Å²) < 4.78 is 0. The predicted molar refractivity (Wildman–Crippen MR) is 71.0 cm³/mol. The van der Waals surface area contributed by atoms with Crippen molar-refractivity contribution >= 4 is 19.3 Å². The summed E-state index contributed by atoms with van der Waals surface area (Å²) in [4.78, 5) is 0. The van der Waals surface area contributed by atoms with Crippen LogP contribution in [0.2, 0.25) is 13.1 Å². The minimum absolute atomic E-state index is 1.37. The van der Waals surface area contributed by atoms with Gasteiger partial charge in [0.2, 0.25) is 0 Å². The average Bonchev–Trinajstić information content (AvgIpc) is 2.39. The van der Waals surface area contributed by atoms with Gasteiger partial charge in [-0.15, -0.1) is 0 Å². The lowest BCUT2D eigenvalue weighted by Gasteiger charge is -2.20. The zero-order chi connectivity index (χ0) is 11.1. The lowest BCUT2D eigenvalue weighted by atomic mass is 10.2. The fourth-order valence-electron chi connectivity index (χ4n) is 2.23. The van der Waals surface area contributed by atoms with Crippen molar-refractivity contribution in [2.45, 2.75) is 26.9 Å². The minimum atomic E-state index is -1.37. The lowest BCUT2D eigenvalue weighted by molar-refractivity contribution is 1.39. The van der Waals surface area contributed by atoms with Gasteiger partial charge in [0.1, 0.15) is 8.07 Å². The van der Waals surface area contributed by atoms with E-state index in [0.717, 1.165) is 0 Å². The fraction of sp³-hybridized carbons (Fsp3) is 0.286. The van der Waals surface area contributed by atoms with Gasteiger partial charge in [0, 0.05) is 0 Å². The van der Waals surface area contributed by atoms with E-state index in [1.807, 2.05) is 0 Å². The van der Waals surface area contributed by atoms with Crippen molar-refractivity contribution in [1.82, 2.24) is 0 Å². The number of fused-ring (bicyclic) bond motifs is 1. The van der Waals surface area contributed by atoms with Crippen molar-refractivity contribution in [3.63, 3.8) is 0 Å². The summed E-state index contributed by atoms with van der Waals surface area (Å²) in [6.45, 7) is 9.22. The molecule has 2 rings (SSSR count). The predicted octanol–water partition coefficient (Wildman–Crippen LogP) is 3.50. The Kier molecular flexibility index (Phi) is 2.43. The molecule has 0 nitrogen and oxygen atoms in total. The van der Waals surface area contributed by atoms with Gasteiger partial charge < -0.3 is 0 Å². The van der Waals surface area contributed by atoms with Crippen LogP contribution in [0.15, 0.2) is 41.1 Å². The molecule has 0 spiro atoms. The highest BCUT2D eigenvalue weighted by molar-refractivity contribution is 6.98. The second-order valence-electron chi connectivity index (χ2n) is 5.03. The first-order chi connectivity index (χ1) is 7.01. The maximum Gasteiger partial charge on any atom is 0.113 e. The monoisotopic (exact) mass is 214 g/mol. The molecule has 1 heterocycles. The number of benzene rings is 1. The van der Waals surface area contributed by atoms with Crippen LogP contribution in [0.3, 0.4) is 0 Å². The summed E-state index contributed by atoms with van der Waals surface area (Å²) in [6, 6.07) is 8.82. The second-order valence-corrected chi connectivity index (χ2v) is 9.40. The Morgan fingerprint density at radius 1 is 1.13 bits per heavy atom. The maximum atomic E-state index is 2.43. The van der Waals surface area contributed by atoms with Crippen LogP contribution in [-0.4, -0.2) is 8.07 Å². The molecule has 0 fully saturated rings. The molecule has 15 heavy (non-hydrogen) atoms. The molecule has 0 atom stereocenters. The summed E-state index contributed by atoms with van der Waals surface area (Å²) in [6.07, 6.45) is 4.72. The quantitative estimate of drug-likeness (QED) is 0.628. The summed E-state index contributed by atoms with van der Waals surface area (Å²) in [5.41, 5.74) is 2.83. The van der Waals surface area contributed by atoms with Crippen LogP contribution in [0.4, 0.5) is 0 Å². The number of hydrogen-bond acceptors (Lipinski definition) is 0. The molecule has 0 unspecified atom stereocenters. The van der Waals surface area contributed by atoms with Crippen molar-refractivity contribution in [2.24, 2.45) is 0 Å². The topological polar surface area (TPSA) is 0 Å². The lowest BCUT2D eigenvalue weighted by Crippen LogP contribution is -2.41. The van der Waals surface area contributed by atoms with Crippen molar-refractivity contribution in [2.75, 3.05) is 0 Å². The Labute approximate surface area is 93.3 Å². The largest absolute Gasteiger partial charge is 0.113 e. The Morgan fingerprint density at radius 2 is 1.80 bits per heavy atom. The maximum absolute atomic E-state index is 2.43. The molecule has 78 valence electrons. The van der Waals surface area contributed by atoms with E-state index < -0.39 is 8.07 Å². The van der Waals surface area contributed by atoms with Crippen LogP contribution in [0.1, 0.15) is 19.4 Å². The number of rotatable bonds is 1. The van der Waals surface area contributed by atoms with Gasteiger partial charge in [-0.25, -0.2) is 0 Å². The number of allylic oxidation sites excluding steroid dienone is 3. The normalized spacial score (nSPS) is 16.9. The Hall–Kier alpha value is -1.08. The first-order valence-corrected chi connectivity index (χ1v) is 8.48. The first kappa shape index (κ1) is 10.4. The van der Waals surface area contributed by atoms with E-state index in [9.17, 15) is 0 Å². The van der Waals surface area contributed by atoms with Crippen LogP contribution in [-0.2, 0) is 0 Å². The molecule has 0 saturated carbocycles. The molecule has 0 aliphatic carbocycles. The van der Waals surface area contributed by atoms with Crippen molar-refractivity contribution in [1.29, 1.82) is 0 Å². The summed E-state index contributed by atoms with van der Waals surface area (Å²) >= 11 is 0. The zero-order valence-electron chi connectivity index (χ0n) is 9.96. The van der Waals surface area contributed by atoms with E-state index in [0.29, 0.717) is 0 Å². The molecule has 0 N–H and O–H groups in total. The van der Waals surface area contributed by atoms with Gasteiger partial charge in [0.15, 0.2) is 0 Å². The average molecular weight is 214 g/mol. The molecule has 0 radical (unpaired) electrons. The third kappa shape index (κ3) is 1.72. The Bertz CT molecular complexity index is 446. The first-order valence-electron chi connectivity index (χ1n) is 5.48. The van der Waals surface area contributed by atoms with E-state index in [2.05, 4.69) is 63.4 Å². The summed E-state index contributed by atoms with van der Waals surface area (Å²) in [5, 5.41) is 3.14. The third-order valence-corrected chi connectivity index (χ3v) is 6.65. The molecule has 1 aliphatic rings. The zero-order valence-corrected chi connectivity index (χ0v) is 11.0. The van der Waals surface area contributed by atoms with E-state index in [1.165, 1.54) is 11.1 Å². The van der Waals surface area contributed by atoms with Gasteiger partial charge in [-0.2, -0.15) is 0 Å². The highest BCUT2D eigenvalue weighted by atomic mass is 28.3. The van der Waals surface area contributed by atoms with Gasteiger partial charge in [-0.1, -0.05) is 60.3 Å². The van der Waals surface area contributed by atoms with Crippen molar-refractivity contribution in [3.8, 4) is 0 Å². The van der Waals surface area contributed by atoms with Gasteiger partial charge in [-0.3, -0.25) is 0 Å². The molecule has 0 bridgehead atoms. The highest BCUT2D eigenvalue weighted by Gasteiger charge is 2.33. The minimum Gasteiger partial charge on any atom is -0.0765 e. The Balaban J connectivity index is 2.54. The second kappa shape index (κ2) is 3.49. The molecule has 0 saturated heterocycles. The Morgan fingerprint density at radius 3 is 2.40 bits per heavy atom. The van der Waals surface area contributed by atoms with Gasteiger partial charge in [-0.05, 0) is 24.6 Å². The smallest absolute Gasteiger partial charge is 0.0765 e. The van der Waals surface area contributed by atoms with Crippen LogP contribution in [0.25, 0.3) is 6.08 Å². The van der Waals surface area contributed by atoms with Crippen LogP contribution in [0.5, 0.6) is 0 Å². The fourth-order valence-corrected chi connectivity index (χ4v) is 5.10. The van der Waals surface area contributed by atoms with E-state index in [1.54, 1.807) is 10.4 Å².